The predicted molar refractivity (Wildman–Crippen MR) is 104 cm³/mol. The minimum atomic E-state index is 0.208. The van der Waals surface area contributed by atoms with Crippen molar-refractivity contribution in [1.82, 2.24) is 14.9 Å². The molecule has 0 unspecified atom stereocenters. The van der Waals surface area contributed by atoms with Crippen LogP contribution >= 0.6 is 0 Å². The maximum absolute atomic E-state index is 5.61. The molecule has 1 fully saturated rings. The maximum Gasteiger partial charge on any atom is 0.147 e. The lowest BCUT2D eigenvalue weighted by atomic mass is 9.69. The number of furan rings is 1. The first-order chi connectivity index (χ1) is 13.3. The Bertz CT molecular complexity index is 886. The van der Waals surface area contributed by atoms with E-state index in [2.05, 4.69) is 50.1 Å². The van der Waals surface area contributed by atoms with Crippen molar-refractivity contribution < 1.29 is 4.42 Å². The number of hydrogen-bond acceptors (Lipinski definition) is 5. The molecule has 0 aliphatic carbocycles. The van der Waals surface area contributed by atoms with Crippen LogP contribution in [0.25, 0.3) is 0 Å². The van der Waals surface area contributed by atoms with Crippen molar-refractivity contribution >= 4 is 5.82 Å². The maximum atomic E-state index is 5.61. The molecule has 3 aromatic rings. The first-order valence-electron chi connectivity index (χ1n) is 9.67. The summed E-state index contributed by atoms with van der Waals surface area (Å²) < 4.78 is 5.61. The van der Waals surface area contributed by atoms with E-state index < -0.39 is 0 Å². The second-order valence-electron chi connectivity index (χ2n) is 7.71. The molecule has 4 heterocycles. The number of hydrogen-bond donors (Lipinski definition) is 0. The Labute approximate surface area is 159 Å². The standard InChI is InChI=1S/C22H24N4O/c1-2-6-20-18(4-1)15-25(16-19-5-3-13-27-19)17-22(20)7-11-26(12-8-22)21-14-23-9-10-24-21/h1-6,9-10,13-14H,7-8,11-12,15-17H2. The number of nitrogens with zero attached hydrogens (tertiary/aromatic N) is 4. The number of piperidine rings is 1. The molecular weight excluding hydrogens is 336 g/mol. The Morgan fingerprint density at radius 3 is 2.70 bits per heavy atom. The van der Waals surface area contributed by atoms with Gasteiger partial charge < -0.3 is 9.32 Å². The average molecular weight is 360 g/mol. The van der Waals surface area contributed by atoms with Gasteiger partial charge in [-0.3, -0.25) is 9.88 Å². The highest BCUT2D eigenvalue weighted by Crippen LogP contribution is 2.42. The molecule has 5 heteroatoms. The van der Waals surface area contributed by atoms with Crippen LogP contribution in [0, 0.1) is 0 Å². The Balaban J connectivity index is 1.40. The van der Waals surface area contributed by atoms with E-state index >= 15 is 0 Å². The predicted octanol–water partition coefficient (Wildman–Crippen LogP) is 3.62. The van der Waals surface area contributed by atoms with E-state index in [1.807, 2.05) is 12.3 Å². The van der Waals surface area contributed by atoms with Crippen molar-refractivity contribution in [2.75, 3.05) is 24.5 Å². The van der Waals surface area contributed by atoms with Crippen molar-refractivity contribution in [3.05, 3.63) is 78.1 Å². The summed E-state index contributed by atoms with van der Waals surface area (Å²) in [5.41, 5.74) is 3.21. The van der Waals surface area contributed by atoms with Gasteiger partial charge in [-0.25, -0.2) is 4.98 Å². The van der Waals surface area contributed by atoms with E-state index in [4.69, 9.17) is 4.42 Å². The highest BCUT2D eigenvalue weighted by molar-refractivity contribution is 5.42. The molecule has 138 valence electrons. The summed E-state index contributed by atoms with van der Waals surface area (Å²) >= 11 is 0. The highest BCUT2D eigenvalue weighted by Gasteiger charge is 2.42. The molecular formula is C22H24N4O. The van der Waals surface area contributed by atoms with Crippen molar-refractivity contribution in [3.8, 4) is 0 Å². The lowest BCUT2D eigenvalue weighted by molar-refractivity contribution is 0.137. The van der Waals surface area contributed by atoms with E-state index in [-0.39, 0.29) is 5.41 Å². The van der Waals surface area contributed by atoms with Crippen molar-refractivity contribution in [2.24, 2.45) is 0 Å². The third-order valence-electron chi connectivity index (χ3n) is 6.06. The summed E-state index contributed by atoms with van der Waals surface area (Å²) in [6.45, 7) is 4.98. The topological polar surface area (TPSA) is 45.4 Å². The van der Waals surface area contributed by atoms with Gasteiger partial charge in [0.15, 0.2) is 0 Å². The normalized spacial score (nSPS) is 19.2. The van der Waals surface area contributed by atoms with E-state index in [1.165, 1.54) is 5.56 Å². The summed E-state index contributed by atoms with van der Waals surface area (Å²) in [4.78, 5) is 13.6. The monoisotopic (exact) mass is 360 g/mol. The number of aromatic nitrogens is 2. The molecule has 0 radical (unpaired) electrons. The van der Waals surface area contributed by atoms with E-state index in [9.17, 15) is 0 Å². The number of rotatable bonds is 3. The average Bonchev–Trinajstić information content (AvgIpc) is 3.22. The number of fused-ring (bicyclic) bond motifs is 2. The fourth-order valence-corrected chi connectivity index (χ4v) is 4.77. The molecule has 1 spiro atoms. The molecule has 5 nitrogen and oxygen atoms in total. The second-order valence-corrected chi connectivity index (χ2v) is 7.71. The molecule has 2 aliphatic heterocycles. The minimum absolute atomic E-state index is 0.208. The van der Waals surface area contributed by atoms with Gasteiger partial charge in [0.25, 0.3) is 0 Å². The molecule has 0 amide bonds. The van der Waals surface area contributed by atoms with Crippen LogP contribution in [0.2, 0.25) is 0 Å². The Kier molecular flexibility index (Phi) is 4.17. The highest BCUT2D eigenvalue weighted by atomic mass is 16.3. The number of benzene rings is 1. The van der Waals surface area contributed by atoms with Crippen LogP contribution in [0.4, 0.5) is 5.82 Å². The molecule has 0 saturated carbocycles. The van der Waals surface area contributed by atoms with Gasteiger partial charge in [-0.2, -0.15) is 0 Å². The van der Waals surface area contributed by atoms with Crippen LogP contribution in [-0.2, 0) is 18.5 Å². The summed E-state index contributed by atoms with van der Waals surface area (Å²) in [5, 5.41) is 0. The van der Waals surface area contributed by atoms with Crippen LogP contribution < -0.4 is 4.90 Å². The summed E-state index contributed by atoms with van der Waals surface area (Å²) in [5.74, 6) is 2.03. The molecule has 0 atom stereocenters. The zero-order valence-electron chi connectivity index (χ0n) is 15.4. The SMILES string of the molecule is c1coc(CN2Cc3ccccc3C3(CCN(c4cnccn4)CC3)C2)c1. The summed E-state index contributed by atoms with van der Waals surface area (Å²) in [6, 6.07) is 13.0. The van der Waals surface area contributed by atoms with E-state index in [0.717, 1.165) is 57.1 Å². The van der Waals surface area contributed by atoms with Crippen LogP contribution in [0.3, 0.4) is 0 Å². The van der Waals surface area contributed by atoms with E-state index in [1.54, 1.807) is 24.2 Å². The molecule has 2 aliphatic rings. The summed E-state index contributed by atoms with van der Waals surface area (Å²) in [6.07, 6.45) is 9.42. The quantitative estimate of drug-likeness (QED) is 0.714. The molecule has 5 rings (SSSR count). The van der Waals surface area contributed by atoms with Crippen LogP contribution in [0.15, 0.2) is 65.7 Å². The fourth-order valence-electron chi connectivity index (χ4n) is 4.77. The van der Waals surface area contributed by atoms with Gasteiger partial charge in [-0.1, -0.05) is 24.3 Å². The Hall–Kier alpha value is -2.66. The van der Waals surface area contributed by atoms with Crippen LogP contribution in [-0.4, -0.2) is 34.5 Å². The summed E-state index contributed by atoms with van der Waals surface area (Å²) in [7, 11) is 0. The number of anilines is 1. The van der Waals surface area contributed by atoms with Gasteiger partial charge in [-0.15, -0.1) is 0 Å². The zero-order chi connectivity index (χ0) is 18.1. The fraction of sp³-hybridized carbons (Fsp3) is 0.364. The molecule has 1 aromatic carbocycles. The first-order valence-corrected chi connectivity index (χ1v) is 9.67. The second kappa shape index (κ2) is 6.82. The molecule has 0 N–H and O–H groups in total. The van der Waals surface area contributed by atoms with Gasteiger partial charge in [0.1, 0.15) is 11.6 Å². The molecule has 1 saturated heterocycles. The van der Waals surface area contributed by atoms with Crippen molar-refractivity contribution in [3.63, 3.8) is 0 Å². The Morgan fingerprint density at radius 2 is 1.93 bits per heavy atom. The van der Waals surface area contributed by atoms with Gasteiger partial charge in [0.05, 0.1) is 19.0 Å². The van der Waals surface area contributed by atoms with Gasteiger partial charge in [-0.05, 0) is 36.1 Å². The van der Waals surface area contributed by atoms with Crippen molar-refractivity contribution in [1.29, 1.82) is 0 Å². The van der Waals surface area contributed by atoms with Gasteiger partial charge in [0.2, 0.25) is 0 Å². The molecule has 27 heavy (non-hydrogen) atoms. The lowest BCUT2D eigenvalue weighted by Crippen LogP contribution is -2.52. The van der Waals surface area contributed by atoms with Crippen molar-refractivity contribution in [2.45, 2.75) is 31.3 Å². The van der Waals surface area contributed by atoms with Crippen LogP contribution in [0.5, 0.6) is 0 Å². The van der Waals surface area contributed by atoms with Gasteiger partial charge in [0, 0.05) is 44.0 Å². The van der Waals surface area contributed by atoms with Crippen LogP contribution in [0.1, 0.15) is 29.7 Å². The minimum Gasteiger partial charge on any atom is -0.468 e. The largest absolute Gasteiger partial charge is 0.468 e. The Morgan fingerprint density at radius 1 is 1.04 bits per heavy atom. The molecule has 2 aromatic heterocycles. The van der Waals surface area contributed by atoms with E-state index in [0.29, 0.717) is 0 Å². The third-order valence-corrected chi connectivity index (χ3v) is 6.06. The lowest BCUT2D eigenvalue weighted by Gasteiger charge is -2.48. The third kappa shape index (κ3) is 3.12. The first kappa shape index (κ1) is 16.5. The zero-order valence-corrected chi connectivity index (χ0v) is 15.4. The smallest absolute Gasteiger partial charge is 0.147 e. The molecule has 0 bridgehead atoms. The van der Waals surface area contributed by atoms with Gasteiger partial charge >= 0.3 is 0 Å².